The molecule has 0 saturated carbocycles. The van der Waals surface area contributed by atoms with Crippen molar-refractivity contribution < 1.29 is 28.6 Å². The van der Waals surface area contributed by atoms with Gasteiger partial charge in [0.2, 0.25) is 0 Å². The summed E-state index contributed by atoms with van der Waals surface area (Å²) in [4.78, 5) is 25.9. The van der Waals surface area contributed by atoms with Crippen LogP contribution in [-0.4, -0.2) is 43.1 Å². The Hall–Kier alpha value is -3.14. The minimum Gasteiger partial charge on any atom is -0.497 e. The van der Waals surface area contributed by atoms with Crippen LogP contribution in [0.1, 0.15) is 25.3 Å². The number of nitrogens with zero attached hydrogens (tertiary/aromatic N) is 2. The van der Waals surface area contributed by atoms with Crippen molar-refractivity contribution in [3.63, 3.8) is 0 Å². The Morgan fingerprint density at radius 1 is 1.20 bits per heavy atom. The Bertz CT molecular complexity index is 720. The third kappa shape index (κ3) is 6.47. The standard InChI is InChI=1S/C18H20N2O5/c1-4-25-18(22)17(20-19)16(21)9-7-5-6-8-13-10-14(23-2)12-15(11-13)24-3/h5,8,10-12H,4,7,9H2,1-3H3. The average molecular weight is 344 g/mol. The fourth-order valence-corrected chi connectivity index (χ4v) is 1.88. The molecule has 0 spiro atoms. The molecule has 0 aliphatic carbocycles. The number of rotatable bonds is 9. The molecule has 1 aromatic rings. The van der Waals surface area contributed by atoms with E-state index in [1.165, 1.54) is 0 Å². The minimum atomic E-state index is -0.932. The molecular formula is C18H20N2O5. The largest absolute Gasteiger partial charge is 0.497 e. The van der Waals surface area contributed by atoms with Crippen LogP contribution in [-0.2, 0) is 14.3 Å². The first kappa shape index (κ1) is 19.9. The highest BCUT2D eigenvalue weighted by Gasteiger charge is 2.29. The van der Waals surface area contributed by atoms with Crippen molar-refractivity contribution in [2.75, 3.05) is 20.8 Å². The third-order valence-corrected chi connectivity index (χ3v) is 3.09. The molecule has 0 aliphatic heterocycles. The van der Waals surface area contributed by atoms with Gasteiger partial charge in [-0.3, -0.25) is 4.79 Å². The van der Waals surface area contributed by atoms with Gasteiger partial charge in [-0.05, 0) is 43.2 Å². The van der Waals surface area contributed by atoms with Gasteiger partial charge in [-0.25, -0.2) is 4.79 Å². The monoisotopic (exact) mass is 344 g/mol. The van der Waals surface area contributed by atoms with Gasteiger partial charge in [0.15, 0.2) is 0 Å². The summed E-state index contributed by atoms with van der Waals surface area (Å²) in [6, 6.07) is 5.38. The van der Waals surface area contributed by atoms with E-state index in [1.807, 2.05) is 12.1 Å². The quantitative estimate of drug-likeness (QED) is 0.171. The van der Waals surface area contributed by atoms with E-state index in [2.05, 4.69) is 15.3 Å². The number of methoxy groups -OCH3 is 2. The van der Waals surface area contributed by atoms with Crippen LogP contribution in [0.15, 0.2) is 30.0 Å². The number of ketones is 1. The molecule has 0 radical (unpaired) electrons. The van der Waals surface area contributed by atoms with Gasteiger partial charge in [-0.2, -0.15) is 4.79 Å². The molecule has 25 heavy (non-hydrogen) atoms. The molecule has 132 valence electrons. The van der Waals surface area contributed by atoms with E-state index in [9.17, 15) is 9.59 Å². The molecule has 0 bridgehead atoms. The number of benzene rings is 1. The Balaban J connectivity index is 2.69. The van der Waals surface area contributed by atoms with Crippen molar-refractivity contribution in [3.8, 4) is 11.5 Å². The van der Waals surface area contributed by atoms with Crippen LogP contribution < -0.4 is 9.47 Å². The summed E-state index contributed by atoms with van der Waals surface area (Å²) in [5.74, 6) is -0.221. The van der Waals surface area contributed by atoms with Gasteiger partial charge in [-0.15, -0.1) is 5.73 Å². The van der Waals surface area contributed by atoms with Gasteiger partial charge < -0.3 is 19.7 Å². The first-order valence-corrected chi connectivity index (χ1v) is 7.62. The fourth-order valence-electron chi connectivity index (χ4n) is 1.88. The fraction of sp³-hybridized carbons (Fsp3) is 0.333. The van der Waals surface area contributed by atoms with E-state index in [1.54, 1.807) is 39.4 Å². The Labute approximate surface area is 146 Å². The Kier molecular flexibility index (Phi) is 8.44. The minimum absolute atomic E-state index is 0.000476. The van der Waals surface area contributed by atoms with E-state index in [-0.39, 0.29) is 13.0 Å². The zero-order chi connectivity index (χ0) is 18.7. The van der Waals surface area contributed by atoms with E-state index in [4.69, 9.17) is 15.0 Å². The molecule has 7 nitrogen and oxygen atoms in total. The molecule has 0 heterocycles. The maximum atomic E-state index is 11.8. The number of allylic oxidation sites excluding steroid dienone is 1. The van der Waals surface area contributed by atoms with Crippen LogP contribution >= 0.6 is 0 Å². The zero-order valence-corrected chi connectivity index (χ0v) is 14.4. The summed E-state index contributed by atoms with van der Waals surface area (Å²) in [6.07, 6.45) is 3.68. The number of carbonyl (C=O) groups excluding carboxylic acids is 2. The number of hydrogen-bond donors (Lipinski definition) is 0. The smallest absolute Gasteiger partial charge is 0.441 e. The Morgan fingerprint density at radius 3 is 2.36 bits per heavy atom. The number of esters is 1. The van der Waals surface area contributed by atoms with Crippen molar-refractivity contribution >= 4 is 23.5 Å². The summed E-state index contributed by atoms with van der Waals surface area (Å²) in [6.45, 7) is 1.69. The van der Waals surface area contributed by atoms with Gasteiger partial charge in [0.05, 0.1) is 20.8 Å². The second kappa shape index (κ2) is 10.6. The molecule has 0 aromatic heterocycles. The highest BCUT2D eigenvalue weighted by atomic mass is 16.5. The molecule has 0 saturated heterocycles. The van der Waals surface area contributed by atoms with Crippen molar-refractivity contribution in [2.45, 2.75) is 19.8 Å². The lowest BCUT2D eigenvalue weighted by Gasteiger charge is -2.05. The summed E-state index contributed by atoms with van der Waals surface area (Å²) in [5.41, 5.74) is 11.9. The van der Waals surface area contributed by atoms with Gasteiger partial charge in [0.25, 0.3) is 5.78 Å². The molecule has 0 amide bonds. The average Bonchev–Trinajstić information content (AvgIpc) is 2.61. The van der Waals surface area contributed by atoms with Crippen LogP contribution in [0.4, 0.5) is 0 Å². The molecular weight excluding hydrogens is 324 g/mol. The molecule has 7 heteroatoms. The van der Waals surface area contributed by atoms with E-state index in [0.717, 1.165) is 5.56 Å². The van der Waals surface area contributed by atoms with Crippen molar-refractivity contribution in [2.24, 2.45) is 0 Å². The number of carbonyl (C=O) groups is 2. The van der Waals surface area contributed by atoms with E-state index < -0.39 is 17.5 Å². The van der Waals surface area contributed by atoms with Crippen LogP contribution in [0.5, 0.6) is 11.5 Å². The van der Waals surface area contributed by atoms with Crippen molar-refractivity contribution in [1.82, 2.24) is 0 Å². The van der Waals surface area contributed by atoms with Crippen LogP contribution in [0.25, 0.3) is 11.6 Å². The number of Topliss-reactive ketones (excluding diaryl/α,β-unsaturated/α-hetero) is 1. The molecule has 1 aromatic carbocycles. The summed E-state index contributed by atoms with van der Waals surface area (Å²) in [7, 11) is 3.13. The molecule has 0 atom stereocenters. The molecule has 0 unspecified atom stereocenters. The molecule has 0 N–H and O–H groups in total. The van der Waals surface area contributed by atoms with Crippen LogP contribution in [0, 0.1) is 0 Å². The van der Waals surface area contributed by atoms with Crippen LogP contribution in [0.3, 0.4) is 0 Å². The Morgan fingerprint density at radius 2 is 1.84 bits per heavy atom. The van der Waals surface area contributed by atoms with Crippen molar-refractivity contribution in [1.29, 1.82) is 0 Å². The number of ether oxygens (including phenoxy) is 3. The second-order valence-electron chi connectivity index (χ2n) is 4.79. The second-order valence-corrected chi connectivity index (χ2v) is 4.79. The zero-order valence-electron chi connectivity index (χ0n) is 14.4. The summed E-state index contributed by atoms with van der Waals surface area (Å²) in [5, 5.41) is 0. The summed E-state index contributed by atoms with van der Waals surface area (Å²) < 4.78 is 15.0. The van der Waals surface area contributed by atoms with Crippen molar-refractivity contribution in [3.05, 3.63) is 41.1 Å². The molecule has 0 fully saturated rings. The predicted octanol–water partition coefficient (Wildman–Crippen LogP) is 2.46. The lowest BCUT2D eigenvalue weighted by Crippen LogP contribution is -2.27. The topological polar surface area (TPSA) is 98.2 Å². The van der Waals surface area contributed by atoms with E-state index >= 15 is 0 Å². The maximum absolute atomic E-state index is 11.8. The predicted molar refractivity (Wildman–Crippen MR) is 91.6 cm³/mol. The molecule has 1 rings (SSSR count). The van der Waals surface area contributed by atoms with E-state index in [0.29, 0.717) is 17.9 Å². The normalized spacial score (nSPS) is 9.24. The molecule has 0 aliphatic rings. The highest BCUT2D eigenvalue weighted by Crippen LogP contribution is 2.22. The van der Waals surface area contributed by atoms with Gasteiger partial charge in [0, 0.05) is 12.5 Å². The first-order valence-electron chi connectivity index (χ1n) is 7.62. The number of hydrogen-bond acceptors (Lipinski definition) is 5. The summed E-state index contributed by atoms with van der Waals surface area (Å²) >= 11 is 0. The lowest BCUT2D eigenvalue weighted by molar-refractivity contribution is -0.141. The van der Waals surface area contributed by atoms with Gasteiger partial charge >= 0.3 is 11.7 Å². The van der Waals surface area contributed by atoms with Crippen LogP contribution in [0.2, 0.25) is 0 Å². The lowest BCUT2D eigenvalue weighted by atomic mass is 10.1. The first-order chi connectivity index (χ1) is 12.0. The van der Waals surface area contributed by atoms with Gasteiger partial charge in [0.1, 0.15) is 11.5 Å². The van der Waals surface area contributed by atoms with Gasteiger partial charge in [-0.1, -0.05) is 0 Å². The SMILES string of the molecule is CCOC(=O)C(=[N+]=[N-])C(=O)CCC=C=Cc1cc(OC)cc(OC)c1. The third-order valence-electron chi connectivity index (χ3n) is 3.09. The maximum Gasteiger partial charge on any atom is 0.441 e. The highest BCUT2D eigenvalue weighted by molar-refractivity contribution is 6.62.